The molecule has 2 aromatic carbocycles. The highest BCUT2D eigenvalue weighted by Gasteiger charge is 2.25. The molecule has 1 heterocycles. The molecule has 0 bridgehead atoms. The van der Waals surface area contributed by atoms with Crippen molar-refractivity contribution in [1.82, 2.24) is 4.90 Å². The fourth-order valence-corrected chi connectivity index (χ4v) is 4.54. The Kier molecular flexibility index (Phi) is 7.75. The van der Waals surface area contributed by atoms with E-state index in [2.05, 4.69) is 21.8 Å². The maximum Gasteiger partial charge on any atom is 0.229 e. The molecular weight excluding hydrogens is 400 g/mol. The van der Waals surface area contributed by atoms with Crippen LogP contribution in [0.5, 0.6) is 5.75 Å². The summed E-state index contributed by atoms with van der Waals surface area (Å²) in [5.74, 6) is 1.19. The minimum atomic E-state index is -3.27. The monoisotopic (exact) mass is 432 g/mol. The molecule has 2 N–H and O–H groups in total. The van der Waals surface area contributed by atoms with Gasteiger partial charge in [-0.25, -0.2) is 8.42 Å². The Morgan fingerprint density at radius 1 is 1.07 bits per heavy atom. The Hall–Kier alpha value is -2.09. The Balaban J connectivity index is 1.41. The molecule has 0 saturated carbocycles. The van der Waals surface area contributed by atoms with Gasteiger partial charge in [-0.15, -0.1) is 0 Å². The molecule has 0 aromatic heterocycles. The highest BCUT2D eigenvalue weighted by Crippen LogP contribution is 2.24. The van der Waals surface area contributed by atoms with Crippen molar-refractivity contribution in [3.63, 3.8) is 0 Å². The van der Waals surface area contributed by atoms with Crippen LogP contribution in [0.25, 0.3) is 0 Å². The first kappa shape index (κ1) is 22.6. The second kappa shape index (κ2) is 10.3. The lowest BCUT2D eigenvalue weighted by atomic mass is 9.88. The minimum Gasteiger partial charge on any atom is -0.497 e. The van der Waals surface area contributed by atoms with Crippen LogP contribution < -0.4 is 9.46 Å². The van der Waals surface area contributed by atoms with E-state index in [0.29, 0.717) is 18.0 Å². The van der Waals surface area contributed by atoms with E-state index in [0.717, 1.165) is 56.5 Å². The number of aliphatic hydroxyl groups excluding tert-OH is 1. The lowest BCUT2D eigenvalue weighted by Gasteiger charge is -2.34. The number of nitrogens with zero attached hydrogens (tertiary/aromatic N) is 1. The van der Waals surface area contributed by atoms with E-state index in [1.165, 1.54) is 5.56 Å². The molecular formula is C23H32N2O4S. The summed E-state index contributed by atoms with van der Waals surface area (Å²) in [5, 5.41) is 10.7. The third-order valence-electron chi connectivity index (χ3n) is 5.75. The molecule has 0 radical (unpaired) electrons. The van der Waals surface area contributed by atoms with Crippen molar-refractivity contribution in [3.05, 3.63) is 59.7 Å². The van der Waals surface area contributed by atoms with Crippen molar-refractivity contribution < 1.29 is 18.3 Å². The fourth-order valence-electron chi connectivity index (χ4n) is 3.97. The summed E-state index contributed by atoms with van der Waals surface area (Å²) in [4.78, 5) is 2.47. The van der Waals surface area contributed by atoms with Gasteiger partial charge >= 0.3 is 0 Å². The molecule has 1 fully saturated rings. The van der Waals surface area contributed by atoms with Gasteiger partial charge in [-0.05, 0) is 80.1 Å². The number of sulfonamides is 1. The van der Waals surface area contributed by atoms with E-state index < -0.39 is 10.0 Å². The van der Waals surface area contributed by atoms with Crippen molar-refractivity contribution in [1.29, 1.82) is 0 Å². The minimum absolute atomic E-state index is 0.302. The smallest absolute Gasteiger partial charge is 0.229 e. The summed E-state index contributed by atoms with van der Waals surface area (Å²) >= 11 is 0. The van der Waals surface area contributed by atoms with Crippen LogP contribution in [0.2, 0.25) is 0 Å². The number of nitrogens with one attached hydrogen (secondary N) is 1. The Labute approximate surface area is 179 Å². The second-order valence-corrected chi connectivity index (χ2v) is 9.87. The fraction of sp³-hybridized carbons (Fsp3) is 0.478. The van der Waals surface area contributed by atoms with Crippen LogP contribution in [0.4, 0.5) is 5.69 Å². The highest BCUT2D eigenvalue weighted by atomic mass is 32.2. The van der Waals surface area contributed by atoms with Crippen molar-refractivity contribution in [2.45, 2.75) is 31.8 Å². The number of likely N-dealkylation sites (tertiary alicyclic amines) is 1. The van der Waals surface area contributed by atoms with E-state index in [4.69, 9.17) is 4.74 Å². The molecule has 0 aliphatic carbocycles. The van der Waals surface area contributed by atoms with E-state index in [1.54, 1.807) is 19.2 Å². The third kappa shape index (κ3) is 7.00. The molecule has 30 heavy (non-hydrogen) atoms. The molecule has 164 valence electrons. The lowest BCUT2D eigenvalue weighted by molar-refractivity contribution is 0.0600. The molecule has 0 amide bonds. The SMILES string of the molecule is COc1ccc(CCN2CCC(C(O)Cc3ccc(NS(C)(=O)=O)cc3)CC2)cc1. The molecule has 1 atom stereocenters. The van der Waals surface area contributed by atoms with Gasteiger partial charge in [0.05, 0.1) is 19.5 Å². The Morgan fingerprint density at radius 2 is 1.67 bits per heavy atom. The van der Waals surface area contributed by atoms with Gasteiger partial charge in [0.15, 0.2) is 0 Å². The molecule has 1 aliphatic heterocycles. The van der Waals surface area contributed by atoms with Gasteiger partial charge in [-0.2, -0.15) is 0 Å². The van der Waals surface area contributed by atoms with E-state index in [1.807, 2.05) is 24.3 Å². The van der Waals surface area contributed by atoms with Crippen molar-refractivity contribution in [3.8, 4) is 5.75 Å². The summed E-state index contributed by atoms with van der Waals surface area (Å²) in [7, 11) is -1.59. The van der Waals surface area contributed by atoms with Crippen LogP contribution in [-0.2, 0) is 22.9 Å². The van der Waals surface area contributed by atoms with Crippen LogP contribution >= 0.6 is 0 Å². The van der Waals surface area contributed by atoms with Crippen LogP contribution in [0.15, 0.2) is 48.5 Å². The number of piperidine rings is 1. The maximum atomic E-state index is 11.3. The zero-order chi connectivity index (χ0) is 21.6. The van der Waals surface area contributed by atoms with E-state index >= 15 is 0 Å². The second-order valence-electron chi connectivity index (χ2n) is 8.12. The number of anilines is 1. The predicted molar refractivity (Wildman–Crippen MR) is 120 cm³/mol. The zero-order valence-electron chi connectivity index (χ0n) is 17.8. The van der Waals surface area contributed by atoms with Crippen molar-refractivity contribution in [2.75, 3.05) is 37.7 Å². The molecule has 1 aliphatic rings. The van der Waals surface area contributed by atoms with Crippen LogP contribution in [-0.4, -0.2) is 57.5 Å². The maximum absolute atomic E-state index is 11.3. The zero-order valence-corrected chi connectivity index (χ0v) is 18.6. The Morgan fingerprint density at radius 3 is 2.23 bits per heavy atom. The number of rotatable bonds is 9. The number of hydrogen-bond acceptors (Lipinski definition) is 5. The van der Waals surface area contributed by atoms with Crippen molar-refractivity contribution >= 4 is 15.7 Å². The van der Waals surface area contributed by atoms with E-state index in [9.17, 15) is 13.5 Å². The van der Waals surface area contributed by atoms with Gasteiger partial charge in [0.25, 0.3) is 0 Å². The molecule has 3 rings (SSSR count). The van der Waals surface area contributed by atoms with Gasteiger partial charge in [0, 0.05) is 12.2 Å². The van der Waals surface area contributed by atoms with E-state index in [-0.39, 0.29) is 6.10 Å². The molecule has 2 aromatic rings. The van der Waals surface area contributed by atoms with Crippen LogP contribution in [0, 0.1) is 5.92 Å². The van der Waals surface area contributed by atoms with Gasteiger partial charge in [0.2, 0.25) is 10.0 Å². The average molecular weight is 433 g/mol. The molecule has 6 nitrogen and oxygen atoms in total. The highest BCUT2D eigenvalue weighted by molar-refractivity contribution is 7.92. The number of benzene rings is 2. The first-order valence-electron chi connectivity index (χ1n) is 10.4. The van der Waals surface area contributed by atoms with Crippen LogP contribution in [0.1, 0.15) is 24.0 Å². The first-order valence-corrected chi connectivity index (χ1v) is 12.3. The summed E-state index contributed by atoms with van der Waals surface area (Å²) < 4.78 is 30.2. The quantitative estimate of drug-likeness (QED) is 0.637. The van der Waals surface area contributed by atoms with Gasteiger partial charge < -0.3 is 14.7 Å². The number of ether oxygens (including phenoxy) is 1. The van der Waals surface area contributed by atoms with Gasteiger partial charge in [0.1, 0.15) is 5.75 Å². The third-order valence-corrected chi connectivity index (χ3v) is 6.36. The normalized spacial score (nSPS) is 16.9. The first-order chi connectivity index (χ1) is 14.3. The molecule has 1 saturated heterocycles. The van der Waals surface area contributed by atoms with Gasteiger partial charge in [-0.3, -0.25) is 4.72 Å². The summed E-state index contributed by atoms with van der Waals surface area (Å²) in [5.41, 5.74) is 2.87. The topological polar surface area (TPSA) is 78.9 Å². The van der Waals surface area contributed by atoms with Crippen LogP contribution in [0.3, 0.4) is 0 Å². The summed E-state index contributed by atoms with van der Waals surface area (Å²) in [6, 6.07) is 15.5. The average Bonchev–Trinajstić information content (AvgIpc) is 2.73. The van der Waals surface area contributed by atoms with Crippen molar-refractivity contribution in [2.24, 2.45) is 5.92 Å². The molecule has 1 unspecified atom stereocenters. The number of aliphatic hydroxyl groups is 1. The standard InChI is InChI=1S/C23H32N2O4S/c1-29-22-9-5-18(6-10-22)11-14-25-15-12-20(13-16-25)23(26)17-19-3-7-21(8-4-19)24-30(2,27)28/h3-10,20,23-24,26H,11-17H2,1-2H3. The predicted octanol–water partition coefficient (Wildman–Crippen LogP) is 2.92. The number of hydrogen-bond donors (Lipinski definition) is 2. The summed E-state index contributed by atoms with van der Waals surface area (Å²) in [6.45, 7) is 3.05. The largest absolute Gasteiger partial charge is 0.497 e. The number of methoxy groups -OCH3 is 1. The molecule has 0 spiro atoms. The summed E-state index contributed by atoms with van der Waals surface area (Å²) in [6.07, 6.45) is 4.37. The Bertz CT molecular complexity index is 890. The molecule has 7 heteroatoms. The lowest BCUT2D eigenvalue weighted by Crippen LogP contribution is -2.39. The van der Waals surface area contributed by atoms with Gasteiger partial charge in [-0.1, -0.05) is 24.3 Å².